The Kier molecular flexibility index (Phi) is 6.82. The highest BCUT2D eigenvalue weighted by Gasteiger charge is 2.41. The molecule has 3 N–H and O–H groups in total. The maximum Gasteiger partial charge on any atom is 0.403 e. The van der Waals surface area contributed by atoms with E-state index < -0.39 is 24.2 Å². The smallest absolute Gasteiger partial charge is 0.346 e. The third kappa shape index (κ3) is 5.65. The van der Waals surface area contributed by atoms with Gasteiger partial charge in [0.1, 0.15) is 6.04 Å². The molecule has 1 aliphatic rings. The number of rotatable bonds is 5. The molecule has 0 aromatic heterocycles. The van der Waals surface area contributed by atoms with Gasteiger partial charge in [0.15, 0.2) is 0 Å². The summed E-state index contributed by atoms with van der Waals surface area (Å²) in [7, 11) is 0. The molecule has 0 radical (unpaired) electrons. The molecule has 2 amide bonds. The minimum Gasteiger partial charge on any atom is -0.346 e. The molecule has 9 heteroatoms. The van der Waals surface area contributed by atoms with Crippen LogP contribution < -0.4 is 11.1 Å². The summed E-state index contributed by atoms with van der Waals surface area (Å²) in [6, 6.07) is -2.21. The van der Waals surface area contributed by atoms with Crippen molar-refractivity contribution in [3.63, 3.8) is 0 Å². The molecular formula is C14H25F3N4O2. The van der Waals surface area contributed by atoms with E-state index in [0.717, 1.165) is 6.92 Å². The Morgan fingerprint density at radius 3 is 2.09 bits per heavy atom. The van der Waals surface area contributed by atoms with Gasteiger partial charge < -0.3 is 16.0 Å². The fourth-order valence-corrected chi connectivity index (χ4v) is 2.26. The Labute approximate surface area is 134 Å². The topological polar surface area (TPSA) is 78.7 Å². The lowest BCUT2D eigenvalue weighted by Crippen LogP contribution is -2.56. The quantitative estimate of drug-likeness (QED) is 0.750. The van der Waals surface area contributed by atoms with Crippen LogP contribution in [0.1, 0.15) is 20.8 Å². The maximum atomic E-state index is 12.7. The number of piperazine rings is 1. The van der Waals surface area contributed by atoms with E-state index in [-0.39, 0.29) is 44.5 Å². The Hall–Kier alpha value is -1.35. The van der Waals surface area contributed by atoms with Crippen LogP contribution in [0.15, 0.2) is 0 Å². The summed E-state index contributed by atoms with van der Waals surface area (Å²) in [4.78, 5) is 26.4. The molecule has 0 aliphatic carbocycles. The molecule has 23 heavy (non-hydrogen) atoms. The first-order valence-corrected chi connectivity index (χ1v) is 7.66. The number of hydrogen-bond acceptors (Lipinski definition) is 4. The Morgan fingerprint density at radius 2 is 1.65 bits per heavy atom. The molecular weight excluding hydrogens is 313 g/mol. The minimum atomic E-state index is -4.27. The van der Waals surface area contributed by atoms with E-state index >= 15 is 0 Å². The number of carbonyl (C=O) groups excluding carboxylic acids is 2. The summed E-state index contributed by atoms with van der Waals surface area (Å²) in [6.45, 7) is 5.27. The minimum absolute atomic E-state index is 0.0440. The zero-order valence-corrected chi connectivity index (χ0v) is 13.7. The van der Waals surface area contributed by atoms with Crippen LogP contribution in [0.4, 0.5) is 13.2 Å². The molecule has 0 saturated carbocycles. The molecule has 1 unspecified atom stereocenters. The fourth-order valence-electron chi connectivity index (χ4n) is 2.26. The van der Waals surface area contributed by atoms with E-state index in [1.807, 2.05) is 0 Å². The van der Waals surface area contributed by atoms with Gasteiger partial charge in [-0.15, -0.1) is 0 Å². The first kappa shape index (κ1) is 19.7. The molecule has 0 bridgehead atoms. The van der Waals surface area contributed by atoms with Crippen LogP contribution in [0.3, 0.4) is 0 Å². The number of halogens is 3. The maximum absolute atomic E-state index is 12.7. The largest absolute Gasteiger partial charge is 0.403 e. The average molecular weight is 338 g/mol. The van der Waals surface area contributed by atoms with Crippen molar-refractivity contribution in [3.05, 3.63) is 0 Å². The van der Waals surface area contributed by atoms with Crippen LogP contribution in [0, 0.1) is 5.92 Å². The van der Waals surface area contributed by atoms with Crippen molar-refractivity contribution in [2.45, 2.75) is 39.0 Å². The van der Waals surface area contributed by atoms with E-state index in [1.54, 1.807) is 13.8 Å². The molecule has 1 rings (SSSR count). The van der Waals surface area contributed by atoms with Gasteiger partial charge in [0.05, 0.1) is 12.6 Å². The summed E-state index contributed by atoms with van der Waals surface area (Å²) in [5, 5.41) is 2.47. The van der Waals surface area contributed by atoms with Gasteiger partial charge in [-0.1, -0.05) is 13.8 Å². The highest BCUT2D eigenvalue weighted by molar-refractivity contribution is 5.87. The Bertz CT molecular complexity index is 421. The van der Waals surface area contributed by atoms with Crippen molar-refractivity contribution in [1.29, 1.82) is 0 Å². The second-order valence-corrected chi connectivity index (χ2v) is 6.12. The normalized spacial score (nSPS) is 19.6. The van der Waals surface area contributed by atoms with E-state index in [1.165, 1.54) is 9.80 Å². The van der Waals surface area contributed by atoms with E-state index in [9.17, 15) is 22.8 Å². The van der Waals surface area contributed by atoms with Gasteiger partial charge in [0.25, 0.3) is 0 Å². The number of nitrogens with zero attached hydrogens (tertiary/aromatic N) is 2. The molecule has 134 valence electrons. The molecule has 1 heterocycles. The molecule has 6 nitrogen and oxygen atoms in total. The fraction of sp³-hybridized carbons (Fsp3) is 0.857. The monoisotopic (exact) mass is 338 g/mol. The molecule has 2 atom stereocenters. The summed E-state index contributed by atoms with van der Waals surface area (Å²) < 4.78 is 38.0. The zero-order valence-electron chi connectivity index (χ0n) is 13.7. The van der Waals surface area contributed by atoms with Crippen molar-refractivity contribution in [3.8, 4) is 0 Å². The third-order valence-corrected chi connectivity index (χ3v) is 4.12. The van der Waals surface area contributed by atoms with Crippen LogP contribution >= 0.6 is 0 Å². The molecule has 0 aromatic rings. The zero-order chi connectivity index (χ0) is 17.8. The van der Waals surface area contributed by atoms with Crippen molar-refractivity contribution in [2.75, 3.05) is 32.7 Å². The van der Waals surface area contributed by atoms with Crippen LogP contribution in [-0.4, -0.2) is 72.6 Å². The van der Waals surface area contributed by atoms with Gasteiger partial charge in [0.2, 0.25) is 11.8 Å². The van der Waals surface area contributed by atoms with Crippen LogP contribution in [-0.2, 0) is 9.59 Å². The molecule has 1 fully saturated rings. The molecule has 0 aromatic carbocycles. The molecule has 0 spiro atoms. The number of hydrogen-bond donors (Lipinski definition) is 2. The van der Waals surface area contributed by atoms with E-state index in [0.29, 0.717) is 0 Å². The van der Waals surface area contributed by atoms with Crippen LogP contribution in [0.5, 0.6) is 0 Å². The Morgan fingerprint density at radius 1 is 1.13 bits per heavy atom. The number of nitrogens with one attached hydrogen (secondary N) is 1. The van der Waals surface area contributed by atoms with Gasteiger partial charge in [-0.25, -0.2) is 0 Å². The third-order valence-electron chi connectivity index (χ3n) is 4.12. The SMILES string of the molecule is CC(C)[C@H](N)C(=O)NCC(=O)N1CCN(C(C)C(F)(F)F)CC1. The van der Waals surface area contributed by atoms with Gasteiger partial charge in [-0.2, -0.15) is 13.2 Å². The number of amides is 2. The molecule has 1 saturated heterocycles. The first-order chi connectivity index (χ1) is 10.5. The second kappa shape index (κ2) is 7.96. The highest BCUT2D eigenvalue weighted by Crippen LogP contribution is 2.25. The lowest BCUT2D eigenvalue weighted by Gasteiger charge is -2.38. The van der Waals surface area contributed by atoms with Crippen molar-refractivity contribution in [2.24, 2.45) is 11.7 Å². The summed E-state index contributed by atoms with van der Waals surface area (Å²) in [5.41, 5.74) is 5.67. The van der Waals surface area contributed by atoms with E-state index in [2.05, 4.69) is 5.32 Å². The number of alkyl halides is 3. The van der Waals surface area contributed by atoms with E-state index in [4.69, 9.17) is 5.73 Å². The highest BCUT2D eigenvalue weighted by atomic mass is 19.4. The predicted molar refractivity (Wildman–Crippen MR) is 79.5 cm³/mol. The van der Waals surface area contributed by atoms with Crippen LogP contribution in [0.2, 0.25) is 0 Å². The van der Waals surface area contributed by atoms with Crippen molar-refractivity contribution >= 4 is 11.8 Å². The molecule has 1 aliphatic heterocycles. The summed E-state index contributed by atoms with van der Waals surface area (Å²) in [5.74, 6) is -0.760. The number of carbonyl (C=O) groups is 2. The van der Waals surface area contributed by atoms with Gasteiger partial charge in [-0.05, 0) is 12.8 Å². The number of nitrogens with two attached hydrogens (primary N) is 1. The predicted octanol–water partition coefficient (Wildman–Crippen LogP) is 0.181. The lowest BCUT2D eigenvalue weighted by molar-refractivity contribution is -0.183. The van der Waals surface area contributed by atoms with Gasteiger partial charge >= 0.3 is 6.18 Å². The average Bonchev–Trinajstić information content (AvgIpc) is 2.49. The van der Waals surface area contributed by atoms with Crippen molar-refractivity contribution in [1.82, 2.24) is 15.1 Å². The Balaban J connectivity index is 2.40. The summed E-state index contributed by atoms with van der Waals surface area (Å²) >= 11 is 0. The van der Waals surface area contributed by atoms with Gasteiger partial charge in [-0.3, -0.25) is 14.5 Å². The van der Waals surface area contributed by atoms with Gasteiger partial charge in [0, 0.05) is 26.2 Å². The van der Waals surface area contributed by atoms with Crippen molar-refractivity contribution < 1.29 is 22.8 Å². The van der Waals surface area contributed by atoms with Crippen LogP contribution in [0.25, 0.3) is 0 Å². The summed E-state index contributed by atoms with van der Waals surface area (Å²) in [6.07, 6.45) is -4.27. The standard InChI is InChI=1S/C14H25F3N4O2/c1-9(2)12(18)13(23)19-8-11(22)21-6-4-20(5-7-21)10(3)14(15,16)17/h9-10,12H,4-8,18H2,1-3H3,(H,19,23)/t10?,12-/m0/s1. The first-order valence-electron chi connectivity index (χ1n) is 7.66. The second-order valence-electron chi connectivity index (χ2n) is 6.12. The lowest BCUT2D eigenvalue weighted by atomic mass is 10.1.